The predicted molar refractivity (Wildman–Crippen MR) is 214 cm³/mol. The van der Waals surface area contributed by atoms with Crippen LogP contribution in [0.15, 0.2) is 60.8 Å². The SMILES string of the molecule is COc1nc(O[C@H]2CCc3c(-c4cccc(C(=O)Nc5ccc(CN6CCC7(CC6)CNC(=O)C7)cn5)c4Cl)cccc32)c(Cl)cc1CNC[C@@H]1CCC(=O)N1. The summed E-state index contributed by atoms with van der Waals surface area (Å²) in [6.45, 7) is 4.56. The monoisotopic (exact) mass is 797 g/mol. The van der Waals surface area contributed by atoms with Crippen molar-refractivity contribution in [2.45, 2.75) is 70.2 Å². The normalized spacial score (nSPS) is 20.1. The van der Waals surface area contributed by atoms with Crippen LogP contribution in [0.25, 0.3) is 11.1 Å². The fourth-order valence-corrected chi connectivity index (χ4v) is 8.99. The van der Waals surface area contributed by atoms with Gasteiger partial charge in [-0.2, -0.15) is 4.98 Å². The van der Waals surface area contributed by atoms with Gasteiger partial charge in [0.2, 0.25) is 23.6 Å². The van der Waals surface area contributed by atoms with E-state index in [0.717, 1.165) is 85.2 Å². The number of anilines is 1. The molecule has 1 spiro atoms. The van der Waals surface area contributed by atoms with Gasteiger partial charge in [-0.05, 0) is 91.1 Å². The summed E-state index contributed by atoms with van der Waals surface area (Å²) in [4.78, 5) is 48.4. The Labute approximate surface area is 336 Å². The zero-order valence-corrected chi connectivity index (χ0v) is 32.8. The Bertz CT molecular complexity index is 2140. The Kier molecular flexibility index (Phi) is 11.2. The van der Waals surface area contributed by atoms with Crippen molar-refractivity contribution in [2.75, 3.05) is 38.6 Å². The fourth-order valence-electron chi connectivity index (χ4n) is 8.46. The minimum Gasteiger partial charge on any atom is -0.481 e. The fraction of sp³-hybridized carbons (Fsp3) is 0.405. The van der Waals surface area contributed by atoms with Gasteiger partial charge in [-0.1, -0.05) is 59.6 Å². The van der Waals surface area contributed by atoms with Gasteiger partial charge in [-0.25, -0.2) is 4.98 Å². The van der Waals surface area contributed by atoms with Crippen LogP contribution in [0.5, 0.6) is 11.8 Å². The van der Waals surface area contributed by atoms with Crippen molar-refractivity contribution >= 4 is 46.7 Å². The molecule has 14 heteroatoms. The molecule has 0 saturated carbocycles. The number of halogens is 2. The van der Waals surface area contributed by atoms with Gasteiger partial charge in [0.1, 0.15) is 16.9 Å². The number of carbonyl (C=O) groups is 3. The number of benzene rings is 2. The second kappa shape index (κ2) is 16.4. The second-order valence-corrected chi connectivity index (χ2v) is 16.1. The highest BCUT2D eigenvalue weighted by Gasteiger charge is 2.40. The number of methoxy groups -OCH3 is 1. The van der Waals surface area contributed by atoms with Crippen LogP contribution in [0.4, 0.5) is 5.82 Å². The highest BCUT2D eigenvalue weighted by Crippen LogP contribution is 2.44. The van der Waals surface area contributed by atoms with Crippen molar-refractivity contribution in [3.8, 4) is 22.9 Å². The second-order valence-electron chi connectivity index (χ2n) is 15.3. The molecule has 56 heavy (non-hydrogen) atoms. The zero-order chi connectivity index (χ0) is 38.8. The van der Waals surface area contributed by atoms with Crippen LogP contribution in [0.1, 0.15) is 77.2 Å². The number of amides is 3. The number of rotatable bonds is 12. The maximum atomic E-state index is 13.6. The Morgan fingerprint density at radius 1 is 1.00 bits per heavy atom. The number of nitrogens with one attached hydrogen (secondary N) is 4. The van der Waals surface area contributed by atoms with Gasteiger partial charge in [0, 0.05) is 62.4 Å². The van der Waals surface area contributed by atoms with E-state index in [-0.39, 0.29) is 41.2 Å². The van der Waals surface area contributed by atoms with E-state index in [9.17, 15) is 14.4 Å². The summed E-state index contributed by atoms with van der Waals surface area (Å²) in [5.74, 6) is 1.06. The smallest absolute Gasteiger partial charge is 0.258 e. The first-order valence-corrected chi connectivity index (χ1v) is 20.0. The van der Waals surface area contributed by atoms with Crippen molar-refractivity contribution in [3.05, 3.63) is 98.7 Å². The summed E-state index contributed by atoms with van der Waals surface area (Å²) < 4.78 is 12.0. The molecule has 3 saturated heterocycles. The topological polar surface area (TPSA) is 147 Å². The first-order chi connectivity index (χ1) is 27.2. The van der Waals surface area contributed by atoms with Crippen molar-refractivity contribution in [2.24, 2.45) is 5.41 Å². The van der Waals surface area contributed by atoms with Gasteiger partial charge in [-0.15, -0.1) is 0 Å². The molecule has 8 rings (SSSR count). The number of likely N-dealkylation sites (tertiary alicyclic amines) is 1. The Balaban J connectivity index is 0.908. The lowest BCUT2D eigenvalue weighted by Crippen LogP contribution is -2.40. The lowest BCUT2D eigenvalue weighted by molar-refractivity contribution is -0.120. The molecule has 5 heterocycles. The largest absolute Gasteiger partial charge is 0.481 e. The third-order valence-corrected chi connectivity index (χ3v) is 12.2. The first-order valence-electron chi connectivity index (χ1n) is 19.2. The Morgan fingerprint density at radius 3 is 2.55 bits per heavy atom. The molecule has 2 aromatic heterocycles. The molecule has 12 nitrogen and oxygen atoms in total. The van der Waals surface area contributed by atoms with E-state index >= 15 is 0 Å². The van der Waals surface area contributed by atoms with Crippen molar-refractivity contribution in [1.82, 2.24) is 30.8 Å². The molecule has 292 valence electrons. The number of hydrogen-bond acceptors (Lipinski definition) is 9. The predicted octanol–water partition coefficient (Wildman–Crippen LogP) is 6.25. The first kappa shape index (κ1) is 38.1. The molecule has 2 aromatic carbocycles. The highest BCUT2D eigenvalue weighted by molar-refractivity contribution is 6.37. The van der Waals surface area contributed by atoms with Crippen LogP contribution in [-0.2, 0) is 29.1 Å². The number of fused-ring (bicyclic) bond motifs is 1. The quantitative estimate of drug-likeness (QED) is 0.131. The highest BCUT2D eigenvalue weighted by atomic mass is 35.5. The summed E-state index contributed by atoms with van der Waals surface area (Å²) in [5, 5.41) is 13.0. The Morgan fingerprint density at radius 2 is 1.82 bits per heavy atom. The molecule has 1 aliphatic carbocycles. The summed E-state index contributed by atoms with van der Waals surface area (Å²) in [7, 11) is 1.56. The van der Waals surface area contributed by atoms with Crippen LogP contribution < -0.4 is 30.7 Å². The number of hydrogen-bond donors (Lipinski definition) is 4. The van der Waals surface area contributed by atoms with Crippen molar-refractivity contribution in [3.63, 3.8) is 0 Å². The molecule has 3 aliphatic heterocycles. The third kappa shape index (κ3) is 8.20. The number of ether oxygens (including phenoxy) is 2. The standard InChI is InChI=1S/C42H45Cl2N7O5/c1-55-40-26(21-45-22-27-9-13-36(52)48-27)18-33(43)41(50-40)56-34-11-10-29-28(4-2-5-30(29)34)31-6-3-7-32(38(31)44)39(54)49-35-12-8-25(20-46-35)23-51-16-14-42(15-17-51)19-37(53)47-24-42/h2-8,12,18,20,27,34,45H,9-11,13-17,19,21-24H2,1H3,(H,47,53)(H,48,52)(H,46,49,54)/t27-,34-/m0/s1. The minimum atomic E-state index is -0.342. The molecule has 0 unspecified atom stereocenters. The molecule has 3 fully saturated rings. The van der Waals surface area contributed by atoms with Crippen LogP contribution in [0, 0.1) is 5.41 Å². The maximum absolute atomic E-state index is 13.6. The van der Waals surface area contributed by atoms with E-state index in [0.29, 0.717) is 59.7 Å². The van der Waals surface area contributed by atoms with Crippen molar-refractivity contribution in [1.29, 1.82) is 0 Å². The third-order valence-electron chi connectivity index (χ3n) is 11.6. The van der Waals surface area contributed by atoms with Gasteiger partial charge < -0.3 is 30.7 Å². The van der Waals surface area contributed by atoms with Crippen molar-refractivity contribution < 1.29 is 23.9 Å². The van der Waals surface area contributed by atoms with Gasteiger partial charge in [0.05, 0.1) is 17.7 Å². The van der Waals surface area contributed by atoms with Crippen LogP contribution in [0.3, 0.4) is 0 Å². The van der Waals surface area contributed by atoms with Crippen LogP contribution in [-0.4, -0.2) is 71.9 Å². The van der Waals surface area contributed by atoms with Crippen LogP contribution in [0.2, 0.25) is 10.0 Å². The molecule has 4 N–H and O–H groups in total. The number of pyridine rings is 2. The lowest BCUT2D eigenvalue weighted by Gasteiger charge is -2.38. The van der Waals surface area contributed by atoms with E-state index in [1.807, 2.05) is 42.5 Å². The Hall–Kier alpha value is -4.75. The molecule has 0 bridgehead atoms. The van der Waals surface area contributed by atoms with Crippen LogP contribution >= 0.6 is 23.2 Å². The summed E-state index contributed by atoms with van der Waals surface area (Å²) in [6.07, 6.45) is 6.97. The summed E-state index contributed by atoms with van der Waals surface area (Å²) in [5.41, 5.74) is 6.12. The number of carbonyl (C=O) groups excluding carboxylic acids is 3. The van der Waals surface area contributed by atoms with E-state index < -0.39 is 0 Å². The number of nitrogens with zero attached hydrogens (tertiary/aromatic N) is 3. The average molecular weight is 799 g/mol. The molecular weight excluding hydrogens is 753 g/mol. The summed E-state index contributed by atoms with van der Waals surface area (Å²) in [6, 6.07) is 17.2. The van der Waals surface area contributed by atoms with E-state index in [2.05, 4.69) is 36.1 Å². The van der Waals surface area contributed by atoms with E-state index in [1.54, 1.807) is 25.4 Å². The van der Waals surface area contributed by atoms with E-state index in [1.165, 1.54) is 0 Å². The molecule has 3 amide bonds. The molecule has 4 aliphatic rings. The molecule has 4 aromatic rings. The van der Waals surface area contributed by atoms with Gasteiger partial charge in [0.25, 0.3) is 5.91 Å². The minimum absolute atomic E-state index is 0.0810. The molecule has 0 radical (unpaired) electrons. The lowest BCUT2D eigenvalue weighted by atomic mass is 9.77. The number of aromatic nitrogens is 2. The zero-order valence-electron chi connectivity index (χ0n) is 31.3. The van der Waals surface area contributed by atoms with Gasteiger partial charge >= 0.3 is 0 Å². The number of piperidine rings is 1. The van der Waals surface area contributed by atoms with E-state index in [4.69, 9.17) is 32.7 Å². The summed E-state index contributed by atoms with van der Waals surface area (Å²) >= 11 is 13.7. The molecular formula is C42H45Cl2N7O5. The maximum Gasteiger partial charge on any atom is 0.258 e. The molecule has 2 atom stereocenters. The van der Waals surface area contributed by atoms with Gasteiger partial charge in [-0.3, -0.25) is 19.3 Å². The van der Waals surface area contributed by atoms with Gasteiger partial charge in [0.15, 0.2) is 0 Å². The average Bonchev–Trinajstić information content (AvgIpc) is 3.92.